The Labute approximate surface area is 222 Å². The molecule has 6 atom stereocenters. The first-order chi connectivity index (χ1) is 17.3. The molecule has 208 valence electrons. The Hall–Kier alpha value is -1.92. The van der Waals surface area contributed by atoms with Gasteiger partial charge in [0.2, 0.25) is 0 Å². The van der Waals surface area contributed by atoms with Crippen LogP contribution in [-0.2, 0) is 14.3 Å². The van der Waals surface area contributed by atoms with Gasteiger partial charge in [0, 0.05) is 6.42 Å². The van der Waals surface area contributed by atoms with Gasteiger partial charge in [-0.25, -0.2) is 0 Å². The van der Waals surface area contributed by atoms with E-state index in [4.69, 9.17) is 9.84 Å². The highest BCUT2D eigenvalue weighted by Crippen LogP contribution is 2.60. The number of aliphatic hydroxyl groups is 2. The number of carbonyl (C=O) groups is 2. The van der Waals surface area contributed by atoms with Crippen LogP contribution < -0.4 is 0 Å². The van der Waals surface area contributed by atoms with E-state index in [9.17, 15) is 19.8 Å². The summed E-state index contributed by atoms with van der Waals surface area (Å²) in [5.74, 6) is -0.0509. The molecule has 6 heteroatoms. The molecule has 3 saturated carbocycles. The summed E-state index contributed by atoms with van der Waals surface area (Å²) >= 11 is 0. The smallest absolute Gasteiger partial charge is 0.306 e. The zero-order chi connectivity index (χ0) is 27.4. The quantitative estimate of drug-likeness (QED) is 0.302. The summed E-state index contributed by atoms with van der Waals surface area (Å²) in [5.41, 5.74) is 2.81. The lowest BCUT2D eigenvalue weighted by atomic mass is 9.60. The van der Waals surface area contributed by atoms with Gasteiger partial charge in [0.25, 0.3) is 0 Å². The van der Waals surface area contributed by atoms with E-state index >= 15 is 0 Å². The van der Waals surface area contributed by atoms with Crippen molar-refractivity contribution in [2.75, 3.05) is 0 Å². The van der Waals surface area contributed by atoms with Crippen molar-refractivity contribution >= 4 is 11.9 Å². The van der Waals surface area contributed by atoms with Crippen molar-refractivity contribution in [2.45, 2.75) is 123 Å². The Bertz CT molecular complexity index is 909. The first kappa shape index (κ1) is 29.6. The number of esters is 1. The minimum Gasteiger partial charge on any atom is -0.481 e. The van der Waals surface area contributed by atoms with Gasteiger partial charge in [-0.05, 0) is 87.5 Å². The molecule has 3 rings (SSSR count). The van der Waals surface area contributed by atoms with Gasteiger partial charge in [0.1, 0.15) is 6.10 Å². The Morgan fingerprint density at radius 3 is 2.59 bits per heavy atom. The number of hydrogen-bond acceptors (Lipinski definition) is 5. The van der Waals surface area contributed by atoms with Crippen molar-refractivity contribution in [3.63, 3.8) is 0 Å². The lowest BCUT2D eigenvalue weighted by molar-refractivity contribution is -0.155. The van der Waals surface area contributed by atoms with Crippen LogP contribution >= 0.6 is 0 Å². The summed E-state index contributed by atoms with van der Waals surface area (Å²) in [7, 11) is 0. The number of aliphatic carboxylic acids is 1. The van der Waals surface area contributed by atoms with Crippen LogP contribution in [0.3, 0.4) is 0 Å². The van der Waals surface area contributed by atoms with E-state index in [1.165, 1.54) is 5.57 Å². The first-order valence-electron chi connectivity index (χ1n) is 14.2. The lowest BCUT2D eigenvalue weighted by Crippen LogP contribution is -2.42. The number of aliphatic hydroxyl groups excluding tert-OH is 1. The van der Waals surface area contributed by atoms with Gasteiger partial charge in [0.15, 0.2) is 0 Å². The molecule has 0 aromatic carbocycles. The maximum Gasteiger partial charge on any atom is 0.306 e. The predicted molar refractivity (Wildman–Crippen MR) is 145 cm³/mol. The first-order valence-corrected chi connectivity index (χ1v) is 14.2. The monoisotopic (exact) mass is 516 g/mol. The predicted octanol–water partition coefficient (Wildman–Crippen LogP) is 6.12. The van der Waals surface area contributed by atoms with Crippen LogP contribution in [-0.4, -0.2) is 45.1 Å². The number of hydrogen-bond donors (Lipinski definition) is 3. The van der Waals surface area contributed by atoms with E-state index in [0.29, 0.717) is 30.6 Å². The van der Waals surface area contributed by atoms with Crippen molar-refractivity contribution in [1.29, 1.82) is 0 Å². The van der Waals surface area contributed by atoms with Crippen molar-refractivity contribution in [1.82, 2.24) is 0 Å². The fourth-order valence-electron chi connectivity index (χ4n) is 7.24. The third kappa shape index (κ3) is 8.03. The third-order valence-electron chi connectivity index (χ3n) is 9.15. The molecule has 6 nitrogen and oxygen atoms in total. The minimum atomic E-state index is -0.995. The van der Waals surface area contributed by atoms with Gasteiger partial charge >= 0.3 is 11.9 Å². The molecule has 0 bridgehead atoms. The Balaban J connectivity index is 1.82. The van der Waals surface area contributed by atoms with Crippen molar-refractivity contribution in [3.8, 4) is 0 Å². The molecule has 0 spiro atoms. The van der Waals surface area contributed by atoms with Gasteiger partial charge in [-0.3, -0.25) is 9.59 Å². The normalized spacial score (nSPS) is 33.4. The molecule has 3 fully saturated rings. The zero-order valence-electron chi connectivity index (χ0n) is 23.3. The zero-order valence-corrected chi connectivity index (χ0v) is 23.3. The van der Waals surface area contributed by atoms with E-state index < -0.39 is 17.5 Å². The molecule has 3 aliphatic rings. The molecular weight excluding hydrogens is 468 g/mol. The van der Waals surface area contributed by atoms with Crippen LogP contribution in [0.2, 0.25) is 0 Å². The number of carboxylic acids is 1. The average Bonchev–Trinajstić information content (AvgIpc) is 3.14. The maximum atomic E-state index is 12.5. The molecule has 0 saturated heterocycles. The van der Waals surface area contributed by atoms with Crippen LogP contribution in [0.5, 0.6) is 0 Å². The molecule has 0 amide bonds. The van der Waals surface area contributed by atoms with Crippen LogP contribution in [0.1, 0.15) is 105 Å². The second-order valence-corrected chi connectivity index (χ2v) is 12.8. The number of fused-ring (bicyclic) bond motifs is 1. The van der Waals surface area contributed by atoms with E-state index in [-0.39, 0.29) is 30.5 Å². The number of carbonyl (C=O) groups excluding carboxylic acids is 1. The second-order valence-electron chi connectivity index (χ2n) is 12.8. The van der Waals surface area contributed by atoms with E-state index in [0.717, 1.165) is 62.5 Å². The summed E-state index contributed by atoms with van der Waals surface area (Å²) in [5, 5.41) is 29.3. The standard InChI is InChI=1S/C31H48O6/c1-20-8-11-24(32)17-22(20)9-10-23-18-25(37-29(35)15-14-28(33)34)19-31(5)26(12-13-27(23)31)21(2)7-6-16-30(3,4)36/h9-10,21,24-27,32,36H,1,6-8,11-19H2,2-5H3,(H,33,34)/b22-9-,23-10+/t21-,24+,25+,26-,27?,31-/m1/s1. The second kappa shape index (κ2) is 12.3. The number of allylic oxidation sites excluding steroid dienone is 3. The Kier molecular flexibility index (Phi) is 9.85. The molecule has 3 N–H and O–H groups in total. The summed E-state index contributed by atoms with van der Waals surface area (Å²) in [4.78, 5) is 23.4. The van der Waals surface area contributed by atoms with E-state index in [1.54, 1.807) is 0 Å². The minimum absolute atomic E-state index is 0.0163. The SMILES string of the molecule is C=C1CC[C@H](O)C/C1=C/C=C1\C[C@H](OC(=O)CCC(=O)O)C[C@@]2(C)C1CC[C@@H]2[C@H](C)CCCC(C)(C)O. The summed E-state index contributed by atoms with van der Waals surface area (Å²) in [6.07, 6.45) is 12.1. The third-order valence-corrected chi connectivity index (χ3v) is 9.15. The van der Waals surface area contributed by atoms with Gasteiger partial charge in [-0.2, -0.15) is 0 Å². The topological polar surface area (TPSA) is 104 Å². The van der Waals surface area contributed by atoms with Crippen molar-refractivity contribution in [3.05, 3.63) is 35.5 Å². The van der Waals surface area contributed by atoms with E-state index in [2.05, 4.69) is 32.6 Å². The van der Waals surface area contributed by atoms with E-state index in [1.807, 2.05) is 13.8 Å². The summed E-state index contributed by atoms with van der Waals surface area (Å²) < 4.78 is 5.87. The highest BCUT2D eigenvalue weighted by atomic mass is 16.5. The summed E-state index contributed by atoms with van der Waals surface area (Å²) in [6.45, 7) is 12.6. The Morgan fingerprint density at radius 2 is 1.92 bits per heavy atom. The molecule has 1 unspecified atom stereocenters. The fraction of sp³-hybridized carbons (Fsp3) is 0.742. The number of carboxylic acid groups (broad SMARTS) is 1. The lowest BCUT2D eigenvalue weighted by Gasteiger charge is -2.47. The maximum absolute atomic E-state index is 12.5. The number of rotatable bonds is 10. The van der Waals surface area contributed by atoms with Crippen molar-refractivity contribution in [2.24, 2.45) is 23.2 Å². The van der Waals surface area contributed by atoms with Gasteiger partial charge in [0.05, 0.1) is 24.5 Å². The van der Waals surface area contributed by atoms with Crippen LogP contribution in [0.15, 0.2) is 35.5 Å². The number of ether oxygens (including phenoxy) is 1. The average molecular weight is 517 g/mol. The molecule has 0 heterocycles. The Morgan fingerprint density at radius 1 is 1.19 bits per heavy atom. The molecule has 37 heavy (non-hydrogen) atoms. The van der Waals surface area contributed by atoms with Crippen LogP contribution in [0, 0.1) is 23.2 Å². The largest absolute Gasteiger partial charge is 0.481 e. The highest BCUT2D eigenvalue weighted by Gasteiger charge is 2.53. The molecule has 0 aromatic rings. The van der Waals surface area contributed by atoms with Crippen LogP contribution in [0.25, 0.3) is 0 Å². The van der Waals surface area contributed by atoms with Crippen molar-refractivity contribution < 1.29 is 29.6 Å². The van der Waals surface area contributed by atoms with Gasteiger partial charge in [-0.1, -0.05) is 56.6 Å². The highest BCUT2D eigenvalue weighted by molar-refractivity contribution is 5.76. The van der Waals surface area contributed by atoms with Crippen LogP contribution in [0.4, 0.5) is 0 Å². The molecule has 0 aromatic heterocycles. The molecule has 3 aliphatic carbocycles. The fourth-order valence-corrected chi connectivity index (χ4v) is 7.24. The molecule has 0 radical (unpaired) electrons. The van der Waals surface area contributed by atoms with Gasteiger partial charge < -0.3 is 20.1 Å². The summed E-state index contributed by atoms with van der Waals surface area (Å²) in [6, 6.07) is 0. The molecular formula is C31H48O6. The molecule has 0 aliphatic heterocycles. The van der Waals surface area contributed by atoms with Gasteiger partial charge in [-0.15, -0.1) is 0 Å².